The third kappa shape index (κ3) is 2.60. The zero-order valence-corrected chi connectivity index (χ0v) is 13.2. The van der Waals surface area contributed by atoms with Gasteiger partial charge in [-0.1, -0.05) is 40.2 Å². The number of halogens is 2. The zero-order chi connectivity index (χ0) is 15.0. The molecule has 1 aliphatic rings. The summed E-state index contributed by atoms with van der Waals surface area (Å²) in [7, 11) is 1.75. The molecule has 0 spiro atoms. The summed E-state index contributed by atoms with van der Waals surface area (Å²) in [6.45, 7) is 0. The molecule has 108 valence electrons. The molecule has 0 N–H and O–H groups in total. The van der Waals surface area contributed by atoms with Gasteiger partial charge in [0.05, 0.1) is 11.6 Å². The summed E-state index contributed by atoms with van der Waals surface area (Å²) >= 11 is 3.21. The number of amides is 1. The highest BCUT2D eigenvalue weighted by molar-refractivity contribution is 9.10. The number of carbonyl (C=O) groups excluding carboxylic acids is 1. The van der Waals surface area contributed by atoms with Gasteiger partial charge in [-0.15, -0.1) is 0 Å². The summed E-state index contributed by atoms with van der Waals surface area (Å²) in [5.41, 5.74) is 2.56. The van der Waals surface area contributed by atoms with Crippen LogP contribution < -0.4 is 0 Å². The minimum absolute atomic E-state index is 0.0248. The van der Waals surface area contributed by atoms with Gasteiger partial charge in [-0.05, 0) is 42.2 Å². The molecule has 0 aliphatic heterocycles. The largest absolute Gasteiger partial charge is 0.335 e. The average Bonchev–Trinajstić information content (AvgIpc) is 2.90. The van der Waals surface area contributed by atoms with E-state index in [-0.39, 0.29) is 17.5 Å². The zero-order valence-electron chi connectivity index (χ0n) is 11.6. The van der Waals surface area contributed by atoms with E-state index in [0.717, 1.165) is 12.8 Å². The van der Waals surface area contributed by atoms with Crippen LogP contribution in [0.5, 0.6) is 0 Å². The van der Waals surface area contributed by atoms with E-state index in [4.69, 9.17) is 0 Å². The fourth-order valence-corrected chi connectivity index (χ4v) is 3.26. The van der Waals surface area contributed by atoms with Crippen molar-refractivity contribution in [3.05, 3.63) is 69.4 Å². The molecule has 0 saturated carbocycles. The molecule has 3 rings (SSSR count). The van der Waals surface area contributed by atoms with Gasteiger partial charge < -0.3 is 4.90 Å². The molecule has 0 aromatic heterocycles. The molecule has 2 aromatic rings. The molecule has 0 saturated heterocycles. The molecule has 1 atom stereocenters. The summed E-state index contributed by atoms with van der Waals surface area (Å²) < 4.78 is 14.6. The van der Waals surface area contributed by atoms with Crippen molar-refractivity contribution in [1.29, 1.82) is 0 Å². The van der Waals surface area contributed by atoms with Crippen LogP contribution in [0.15, 0.2) is 46.9 Å². The van der Waals surface area contributed by atoms with Crippen LogP contribution in [0.1, 0.15) is 33.9 Å². The van der Waals surface area contributed by atoms with Crippen molar-refractivity contribution in [2.24, 2.45) is 0 Å². The molecule has 0 radical (unpaired) electrons. The Morgan fingerprint density at radius 2 is 2.05 bits per heavy atom. The lowest BCUT2D eigenvalue weighted by Gasteiger charge is -2.25. The molecule has 4 heteroatoms. The summed E-state index contributed by atoms with van der Waals surface area (Å²) in [6, 6.07) is 12.7. The van der Waals surface area contributed by atoms with Gasteiger partial charge in [0.1, 0.15) is 5.82 Å². The van der Waals surface area contributed by atoms with Gasteiger partial charge >= 0.3 is 0 Å². The molecule has 2 aromatic carbocycles. The van der Waals surface area contributed by atoms with Gasteiger partial charge in [0, 0.05) is 11.5 Å². The standard InChI is InChI=1S/C17H15BrFNO/c1-20(16-9-6-11-4-2-3-5-13(11)16)17(21)14-8-7-12(18)10-15(14)19/h2-5,7-8,10,16H,6,9H2,1H3. The van der Waals surface area contributed by atoms with Crippen molar-refractivity contribution in [3.8, 4) is 0 Å². The quantitative estimate of drug-likeness (QED) is 0.790. The second-order valence-corrected chi connectivity index (χ2v) is 6.21. The van der Waals surface area contributed by atoms with Crippen molar-refractivity contribution < 1.29 is 9.18 Å². The van der Waals surface area contributed by atoms with E-state index in [9.17, 15) is 9.18 Å². The van der Waals surface area contributed by atoms with Gasteiger partial charge in [0.15, 0.2) is 0 Å². The minimum atomic E-state index is -0.493. The van der Waals surface area contributed by atoms with Crippen molar-refractivity contribution in [3.63, 3.8) is 0 Å². The van der Waals surface area contributed by atoms with Crippen LogP contribution in [-0.4, -0.2) is 17.9 Å². The Labute approximate surface area is 131 Å². The van der Waals surface area contributed by atoms with Crippen LogP contribution in [-0.2, 0) is 6.42 Å². The Bertz CT molecular complexity index is 701. The highest BCUT2D eigenvalue weighted by Crippen LogP contribution is 2.35. The van der Waals surface area contributed by atoms with Gasteiger partial charge in [0.2, 0.25) is 0 Å². The molecular weight excluding hydrogens is 333 g/mol. The normalized spacial score (nSPS) is 16.6. The van der Waals surface area contributed by atoms with Crippen LogP contribution in [0.2, 0.25) is 0 Å². The number of aryl methyl sites for hydroxylation is 1. The smallest absolute Gasteiger partial charge is 0.257 e. The molecule has 2 nitrogen and oxygen atoms in total. The first-order chi connectivity index (χ1) is 10.1. The second kappa shape index (κ2) is 5.60. The van der Waals surface area contributed by atoms with E-state index in [1.807, 2.05) is 12.1 Å². The first-order valence-corrected chi connectivity index (χ1v) is 7.67. The fourth-order valence-electron chi connectivity index (χ4n) is 2.93. The predicted octanol–water partition coefficient (Wildman–Crippen LogP) is 4.35. The second-order valence-electron chi connectivity index (χ2n) is 5.29. The number of nitrogens with zero attached hydrogens (tertiary/aromatic N) is 1. The maximum atomic E-state index is 14.0. The van der Waals surface area contributed by atoms with Gasteiger partial charge in [-0.25, -0.2) is 4.39 Å². The van der Waals surface area contributed by atoms with Crippen molar-refractivity contribution in [2.75, 3.05) is 7.05 Å². The Morgan fingerprint density at radius 1 is 1.29 bits per heavy atom. The maximum Gasteiger partial charge on any atom is 0.257 e. The predicted molar refractivity (Wildman–Crippen MR) is 83.7 cm³/mol. The van der Waals surface area contributed by atoms with E-state index in [2.05, 4.69) is 28.1 Å². The topological polar surface area (TPSA) is 20.3 Å². The summed E-state index contributed by atoms with van der Waals surface area (Å²) in [5.74, 6) is -0.769. The van der Waals surface area contributed by atoms with Crippen LogP contribution in [0.4, 0.5) is 4.39 Å². The third-order valence-corrected chi connectivity index (χ3v) is 4.54. The Morgan fingerprint density at radius 3 is 2.81 bits per heavy atom. The number of carbonyl (C=O) groups is 1. The molecule has 1 aliphatic carbocycles. The van der Waals surface area contributed by atoms with Crippen molar-refractivity contribution in [2.45, 2.75) is 18.9 Å². The van der Waals surface area contributed by atoms with Crippen LogP contribution in [0.25, 0.3) is 0 Å². The van der Waals surface area contributed by atoms with Crippen molar-refractivity contribution >= 4 is 21.8 Å². The van der Waals surface area contributed by atoms with E-state index in [0.29, 0.717) is 4.47 Å². The Hall–Kier alpha value is -1.68. The minimum Gasteiger partial charge on any atom is -0.335 e. The average molecular weight is 348 g/mol. The Kier molecular flexibility index (Phi) is 3.81. The number of rotatable bonds is 2. The summed E-state index contributed by atoms with van der Waals surface area (Å²) in [6.07, 6.45) is 1.85. The summed E-state index contributed by atoms with van der Waals surface area (Å²) in [5, 5.41) is 0. The van der Waals surface area contributed by atoms with Gasteiger partial charge in [-0.2, -0.15) is 0 Å². The molecule has 1 amide bonds. The van der Waals surface area contributed by atoms with E-state index in [1.165, 1.54) is 23.3 Å². The molecule has 1 unspecified atom stereocenters. The van der Waals surface area contributed by atoms with E-state index in [1.54, 1.807) is 18.0 Å². The molecule has 0 bridgehead atoms. The number of fused-ring (bicyclic) bond motifs is 1. The van der Waals surface area contributed by atoms with E-state index >= 15 is 0 Å². The van der Waals surface area contributed by atoms with Gasteiger partial charge in [0.25, 0.3) is 5.91 Å². The summed E-state index contributed by atoms with van der Waals surface area (Å²) in [4.78, 5) is 14.2. The monoisotopic (exact) mass is 347 g/mol. The number of hydrogen-bond acceptors (Lipinski definition) is 1. The maximum absolute atomic E-state index is 14.0. The van der Waals surface area contributed by atoms with Crippen LogP contribution >= 0.6 is 15.9 Å². The Balaban J connectivity index is 1.89. The molecule has 0 fully saturated rings. The van der Waals surface area contributed by atoms with Crippen LogP contribution in [0, 0.1) is 5.82 Å². The van der Waals surface area contributed by atoms with Crippen molar-refractivity contribution in [1.82, 2.24) is 4.90 Å². The third-order valence-electron chi connectivity index (χ3n) is 4.05. The SMILES string of the molecule is CN(C(=O)c1ccc(Br)cc1F)C1CCc2ccccc21. The first kappa shape index (κ1) is 14.3. The fraction of sp³-hybridized carbons (Fsp3) is 0.235. The lowest BCUT2D eigenvalue weighted by molar-refractivity contribution is 0.0726. The van der Waals surface area contributed by atoms with Crippen LogP contribution in [0.3, 0.4) is 0 Å². The lowest BCUT2D eigenvalue weighted by atomic mass is 10.1. The number of benzene rings is 2. The highest BCUT2D eigenvalue weighted by atomic mass is 79.9. The lowest BCUT2D eigenvalue weighted by Crippen LogP contribution is -2.30. The molecule has 0 heterocycles. The molecular formula is C17H15BrFNO. The van der Waals surface area contributed by atoms with E-state index < -0.39 is 5.82 Å². The number of hydrogen-bond donors (Lipinski definition) is 0. The molecule has 21 heavy (non-hydrogen) atoms. The highest BCUT2D eigenvalue weighted by Gasteiger charge is 2.29. The van der Waals surface area contributed by atoms with Gasteiger partial charge in [-0.3, -0.25) is 4.79 Å². The first-order valence-electron chi connectivity index (χ1n) is 6.88.